The zero-order valence-electron chi connectivity index (χ0n) is 7.84. The molecule has 2 nitrogen and oxygen atoms in total. The van der Waals surface area contributed by atoms with Crippen molar-refractivity contribution in [2.24, 2.45) is 0 Å². The lowest BCUT2D eigenvalue weighted by Gasteiger charge is -2.51. The summed E-state index contributed by atoms with van der Waals surface area (Å²) in [4.78, 5) is 0. The molecule has 2 heteroatoms. The smallest absolute Gasteiger partial charge is 0.207 e. The number of rotatable bonds is 0. The van der Waals surface area contributed by atoms with Gasteiger partial charge < -0.3 is 0 Å². The summed E-state index contributed by atoms with van der Waals surface area (Å²) in [6.07, 6.45) is 2.88. The lowest BCUT2D eigenvalue weighted by molar-refractivity contribution is -1.12. The van der Waals surface area contributed by atoms with E-state index in [1.54, 1.807) is 0 Å². The zero-order chi connectivity index (χ0) is 7.95. The Bertz CT molecular complexity index is 139. The Kier molecular flexibility index (Phi) is 1.52. The Morgan fingerprint density at radius 2 is 1.09 bits per heavy atom. The predicted molar refractivity (Wildman–Crippen MR) is 45.9 cm³/mol. The summed E-state index contributed by atoms with van der Waals surface area (Å²) in [5.41, 5.74) is 0. The molecule has 0 saturated carbocycles. The second kappa shape index (κ2) is 2.20. The van der Waals surface area contributed by atoms with Gasteiger partial charge in [-0.3, -0.25) is 8.97 Å². The van der Waals surface area contributed by atoms with Crippen LogP contribution in [0, 0.1) is 0 Å². The van der Waals surface area contributed by atoms with Crippen molar-refractivity contribution in [2.75, 3.05) is 46.9 Å². The molecule has 2 fully saturated rings. The van der Waals surface area contributed by atoms with E-state index in [-0.39, 0.29) is 0 Å². The second-order valence-electron chi connectivity index (χ2n) is 4.98. The molecule has 2 rings (SSSR count). The molecule has 64 valence electrons. The zero-order valence-corrected chi connectivity index (χ0v) is 7.84. The van der Waals surface area contributed by atoms with Crippen LogP contribution < -0.4 is 0 Å². The molecule has 0 spiro atoms. The van der Waals surface area contributed by atoms with Gasteiger partial charge in [0, 0.05) is 12.8 Å². The number of hydrogen-bond acceptors (Lipinski definition) is 0. The van der Waals surface area contributed by atoms with Gasteiger partial charge in [0.2, 0.25) is 6.67 Å². The molecule has 0 aromatic rings. The highest BCUT2D eigenvalue weighted by molar-refractivity contribution is 4.53. The van der Waals surface area contributed by atoms with Crippen molar-refractivity contribution in [3.8, 4) is 0 Å². The van der Waals surface area contributed by atoms with Crippen LogP contribution in [0.3, 0.4) is 0 Å². The van der Waals surface area contributed by atoms with Crippen molar-refractivity contribution < 1.29 is 8.97 Å². The van der Waals surface area contributed by atoms with Crippen molar-refractivity contribution in [2.45, 2.75) is 12.8 Å². The first-order valence-corrected chi connectivity index (χ1v) is 4.79. The first-order chi connectivity index (χ1) is 5.12. The Morgan fingerprint density at radius 1 is 0.727 bits per heavy atom. The van der Waals surface area contributed by atoms with E-state index in [9.17, 15) is 0 Å². The third-order valence-electron chi connectivity index (χ3n) is 3.47. The fraction of sp³-hybridized carbons (Fsp3) is 1.00. The lowest BCUT2D eigenvalue weighted by atomic mass is 10.1. The van der Waals surface area contributed by atoms with Crippen molar-refractivity contribution in [3.63, 3.8) is 0 Å². The Morgan fingerprint density at radius 3 is 1.36 bits per heavy atom. The quantitative estimate of drug-likeness (QED) is 0.452. The molecule has 11 heavy (non-hydrogen) atoms. The van der Waals surface area contributed by atoms with Gasteiger partial charge in [-0.1, -0.05) is 0 Å². The maximum Gasteiger partial charge on any atom is 0.207 e. The molecule has 0 radical (unpaired) electrons. The summed E-state index contributed by atoms with van der Waals surface area (Å²) in [5, 5.41) is 0. The molecule has 2 aliphatic rings. The molecule has 2 aliphatic heterocycles. The summed E-state index contributed by atoms with van der Waals surface area (Å²) < 4.78 is 2.69. The number of quaternary nitrogens is 2. The van der Waals surface area contributed by atoms with Gasteiger partial charge in [-0.15, -0.1) is 0 Å². The number of nitrogens with zero attached hydrogens (tertiary/aromatic N) is 2. The minimum atomic E-state index is 1.34. The van der Waals surface area contributed by atoms with Crippen LogP contribution in [0.1, 0.15) is 12.8 Å². The van der Waals surface area contributed by atoms with Crippen LogP contribution in [-0.2, 0) is 0 Å². The largest absolute Gasteiger partial charge is 0.279 e. The van der Waals surface area contributed by atoms with E-state index in [1.807, 2.05) is 0 Å². The molecule has 0 aliphatic carbocycles. The molecule has 0 amide bonds. The van der Waals surface area contributed by atoms with Gasteiger partial charge in [-0.05, 0) is 0 Å². The van der Waals surface area contributed by atoms with Gasteiger partial charge in [0.1, 0.15) is 0 Å². The van der Waals surface area contributed by atoms with Gasteiger partial charge in [-0.25, -0.2) is 0 Å². The van der Waals surface area contributed by atoms with Gasteiger partial charge in [0.05, 0.1) is 40.3 Å². The molecule has 0 atom stereocenters. The molecule has 0 unspecified atom stereocenters. The van der Waals surface area contributed by atoms with Crippen molar-refractivity contribution >= 4 is 0 Å². The SMILES string of the molecule is C[N+]12CCC[N+](C)(CCC1)C2. The Hall–Kier alpha value is -0.0800. The van der Waals surface area contributed by atoms with E-state index in [0.717, 1.165) is 0 Å². The molecule has 2 bridgehead atoms. The van der Waals surface area contributed by atoms with Crippen LogP contribution >= 0.6 is 0 Å². The standard InChI is InChI=1S/C9H20N2/c1-10-5-3-7-11(2,9-10)8-4-6-10/h3-9H2,1-2H3/q+2. The molecule has 2 heterocycles. The van der Waals surface area contributed by atoms with E-state index < -0.39 is 0 Å². The Balaban J connectivity index is 2.16. The first-order valence-electron chi connectivity index (χ1n) is 4.79. The number of hydrogen-bond donors (Lipinski definition) is 0. The van der Waals surface area contributed by atoms with E-state index in [1.165, 1.54) is 54.7 Å². The normalized spacial score (nSPS) is 50.7. The average molecular weight is 156 g/mol. The summed E-state index contributed by atoms with van der Waals surface area (Å²) >= 11 is 0. The minimum absolute atomic E-state index is 1.34. The van der Waals surface area contributed by atoms with Crippen LogP contribution in [0.15, 0.2) is 0 Å². The fourth-order valence-corrected chi connectivity index (χ4v) is 3.00. The Labute approximate surface area is 69.6 Å². The van der Waals surface area contributed by atoms with Gasteiger partial charge in [0.25, 0.3) is 0 Å². The maximum absolute atomic E-state index is 2.43. The van der Waals surface area contributed by atoms with Gasteiger partial charge >= 0.3 is 0 Å². The highest BCUT2D eigenvalue weighted by Gasteiger charge is 2.42. The van der Waals surface area contributed by atoms with E-state index in [4.69, 9.17) is 0 Å². The van der Waals surface area contributed by atoms with Gasteiger partial charge in [-0.2, -0.15) is 0 Å². The first kappa shape index (κ1) is 7.56. The molecule has 0 aromatic carbocycles. The van der Waals surface area contributed by atoms with E-state index in [0.29, 0.717) is 0 Å². The average Bonchev–Trinajstić information content (AvgIpc) is 1.83. The predicted octanol–water partition coefficient (Wildman–Crippen LogP) is 0.644. The van der Waals surface area contributed by atoms with E-state index in [2.05, 4.69) is 14.1 Å². The molecule has 0 aromatic heterocycles. The minimum Gasteiger partial charge on any atom is -0.279 e. The molecule has 0 N–H and O–H groups in total. The summed E-state index contributed by atoms with van der Waals surface area (Å²) in [5.74, 6) is 0. The highest BCUT2D eigenvalue weighted by Crippen LogP contribution is 2.24. The van der Waals surface area contributed by atoms with Crippen molar-refractivity contribution in [3.05, 3.63) is 0 Å². The fourth-order valence-electron chi connectivity index (χ4n) is 3.00. The third kappa shape index (κ3) is 1.30. The van der Waals surface area contributed by atoms with Crippen LogP contribution in [0.5, 0.6) is 0 Å². The summed E-state index contributed by atoms with van der Waals surface area (Å²) in [6.45, 7) is 7.09. The summed E-state index contributed by atoms with van der Waals surface area (Å²) in [6, 6.07) is 0. The van der Waals surface area contributed by atoms with Crippen molar-refractivity contribution in [1.29, 1.82) is 0 Å². The van der Waals surface area contributed by atoms with E-state index >= 15 is 0 Å². The number of fused-ring (bicyclic) bond motifs is 2. The van der Waals surface area contributed by atoms with Crippen LogP contribution in [0.2, 0.25) is 0 Å². The third-order valence-corrected chi connectivity index (χ3v) is 3.47. The highest BCUT2D eigenvalue weighted by atomic mass is 15.5. The van der Waals surface area contributed by atoms with Crippen LogP contribution in [0.25, 0.3) is 0 Å². The maximum atomic E-state index is 2.43. The monoisotopic (exact) mass is 156 g/mol. The van der Waals surface area contributed by atoms with Gasteiger partial charge in [0.15, 0.2) is 0 Å². The van der Waals surface area contributed by atoms with Crippen molar-refractivity contribution in [1.82, 2.24) is 0 Å². The topological polar surface area (TPSA) is 0 Å². The summed E-state index contributed by atoms with van der Waals surface area (Å²) in [7, 11) is 4.85. The molecule has 2 saturated heterocycles. The molecular formula is C9H20N2+2. The lowest BCUT2D eigenvalue weighted by Crippen LogP contribution is -2.68. The van der Waals surface area contributed by atoms with Crippen LogP contribution in [-0.4, -0.2) is 55.9 Å². The van der Waals surface area contributed by atoms with Crippen LogP contribution in [0.4, 0.5) is 0 Å². The second-order valence-corrected chi connectivity index (χ2v) is 4.98. The molecular weight excluding hydrogens is 136 g/mol.